The van der Waals surface area contributed by atoms with Gasteiger partial charge in [0.1, 0.15) is 0 Å². The molecule has 0 spiro atoms. The summed E-state index contributed by atoms with van der Waals surface area (Å²) in [5.41, 5.74) is 0. The van der Waals surface area contributed by atoms with Crippen LogP contribution in [-0.4, -0.2) is 29.9 Å². The standard InChI is InChI=1S/C10H2BrF13S/c11-3-1-4(25-2-3)5(12,13)6(14,15)7(16,17)8(18,19)9(20,21)10(22,23)24/h1-2H. The van der Waals surface area contributed by atoms with E-state index in [1.165, 1.54) is 0 Å². The Balaban J connectivity index is 3.53. The van der Waals surface area contributed by atoms with Crippen LogP contribution in [0.2, 0.25) is 0 Å². The van der Waals surface area contributed by atoms with Gasteiger partial charge in [-0.05, 0) is 22.0 Å². The first kappa shape index (κ1) is 22.3. The van der Waals surface area contributed by atoms with Crippen molar-refractivity contribution in [2.75, 3.05) is 0 Å². The zero-order valence-corrected chi connectivity index (χ0v) is 13.3. The SMILES string of the molecule is FC(F)(F)C(F)(F)C(F)(F)C(F)(F)C(F)(F)C(F)(F)c1cc(Br)cs1. The molecule has 0 nitrogen and oxygen atoms in total. The van der Waals surface area contributed by atoms with Crippen LogP contribution in [0, 0.1) is 0 Å². The summed E-state index contributed by atoms with van der Waals surface area (Å²) in [4.78, 5) is -1.96. The number of halogens is 14. The molecule has 0 saturated heterocycles. The third-order valence-corrected chi connectivity index (χ3v) is 4.57. The number of hydrogen-bond acceptors (Lipinski definition) is 1. The maximum atomic E-state index is 13.6. The van der Waals surface area contributed by atoms with Crippen LogP contribution in [0.3, 0.4) is 0 Å². The van der Waals surface area contributed by atoms with E-state index in [1.807, 2.05) is 0 Å². The number of alkyl halides is 13. The monoisotopic (exact) mass is 480 g/mol. The van der Waals surface area contributed by atoms with Gasteiger partial charge in [-0.3, -0.25) is 0 Å². The van der Waals surface area contributed by atoms with Gasteiger partial charge in [0.2, 0.25) is 0 Å². The van der Waals surface area contributed by atoms with Gasteiger partial charge in [-0.1, -0.05) is 0 Å². The fourth-order valence-electron chi connectivity index (χ4n) is 1.40. The average Bonchev–Trinajstić information content (AvgIpc) is 2.83. The molecule has 1 aromatic rings. The predicted molar refractivity (Wildman–Crippen MR) is 61.8 cm³/mol. The smallest absolute Gasteiger partial charge is 0.193 e. The first-order valence-corrected chi connectivity index (χ1v) is 7.12. The van der Waals surface area contributed by atoms with E-state index in [2.05, 4.69) is 15.9 Å². The summed E-state index contributed by atoms with van der Waals surface area (Å²) in [5.74, 6) is -36.8. The first-order chi connectivity index (χ1) is 10.7. The number of rotatable bonds is 5. The Kier molecular flexibility index (Phi) is 5.26. The summed E-state index contributed by atoms with van der Waals surface area (Å²) in [6.45, 7) is 0. The highest BCUT2D eigenvalue weighted by molar-refractivity contribution is 9.10. The highest BCUT2D eigenvalue weighted by Gasteiger charge is 2.91. The first-order valence-electron chi connectivity index (χ1n) is 5.45. The van der Waals surface area contributed by atoms with Crippen molar-refractivity contribution in [3.63, 3.8) is 0 Å². The Morgan fingerprint density at radius 1 is 0.640 bits per heavy atom. The molecule has 0 saturated carbocycles. The Morgan fingerprint density at radius 3 is 1.36 bits per heavy atom. The molecule has 0 aliphatic carbocycles. The van der Waals surface area contributed by atoms with E-state index in [-0.39, 0.29) is 21.9 Å². The van der Waals surface area contributed by atoms with Gasteiger partial charge >= 0.3 is 35.8 Å². The van der Waals surface area contributed by atoms with Gasteiger partial charge in [0.05, 0.1) is 4.88 Å². The number of thiophene rings is 1. The van der Waals surface area contributed by atoms with Gasteiger partial charge < -0.3 is 0 Å². The third kappa shape index (κ3) is 3.00. The van der Waals surface area contributed by atoms with Crippen molar-refractivity contribution in [1.82, 2.24) is 0 Å². The van der Waals surface area contributed by atoms with Crippen LogP contribution in [0.5, 0.6) is 0 Å². The summed E-state index contributed by atoms with van der Waals surface area (Å²) in [6.07, 6.45) is -7.41. The molecule has 0 amide bonds. The van der Waals surface area contributed by atoms with E-state index in [1.54, 1.807) is 0 Å². The van der Waals surface area contributed by atoms with Crippen molar-refractivity contribution in [2.45, 2.75) is 35.8 Å². The van der Waals surface area contributed by atoms with Crippen LogP contribution in [-0.2, 0) is 5.92 Å². The Morgan fingerprint density at radius 2 is 1.04 bits per heavy atom. The molecular formula is C10H2BrF13S. The van der Waals surface area contributed by atoms with E-state index in [4.69, 9.17) is 0 Å². The minimum atomic E-state index is -7.88. The van der Waals surface area contributed by atoms with Crippen LogP contribution in [0.15, 0.2) is 15.9 Å². The zero-order chi connectivity index (χ0) is 20.3. The minimum Gasteiger partial charge on any atom is -0.193 e. The van der Waals surface area contributed by atoms with Crippen molar-refractivity contribution in [2.24, 2.45) is 0 Å². The molecule has 0 unspecified atom stereocenters. The molecule has 15 heteroatoms. The van der Waals surface area contributed by atoms with Crippen molar-refractivity contribution >= 4 is 27.3 Å². The molecular weight excluding hydrogens is 479 g/mol. The maximum absolute atomic E-state index is 13.6. The molecule has 0 aliphatic rings. The highest BCUT2D eigenvalue weighted by Crippen LogP contribution is 2.62. The highest BCUT2D eigenvalue weighted by atomic mass is 79.9. The molecule has 25 heavy (non-hydrogen) atoms. The lowest BCUT2D eigenvalue weighted by Gasteiger charge is -2.39. The number of hydrogen-bond donors (Lipinski definition) is 0. The van der Waals surface area contributed by atoms with E-state index < -0.39 is 40.7 Å². The van der Waals surface area contributed by atoms with Crippen molar-refractivity contribution in [3.05, 3.63) is 20.8 Å². The van der Waals surface area contributed by atoms with Crippen LogP contribution in [0.1, 0.15) is 4.88 Å². The summed E-state index contributed by atoms with van der Waals surface area (Å²) in [5, 5.41) is 0.639. The second-order valence-corrected chi connectivity index (χ2v) is 6.33. The Bertz CT molecular complexity index is 629. The quantitative estimate of drug-likeness (QED) is 0.411. The largest absolute Gasteiger partial charge is 0.460 e. The Labute approximate surface area is 141 Å². The molecule has 0 aliphatic heterocycles. The minimum absolute atomic E-state index is 0.0920. The second kappa shape index (κ2) is 5.89. The van der Waals surface area contributed by atoms with Gasteiger partial charge in [-0.15, -0.1) is 11.3 Å². The maximum Gasteiger partial charge on any atom is 0.460 e. The molecule has 0 fully saturated rings. The van der Waals surface area contributed by atoms with Crippen LogP contribution in [0.4, 0.5) is 57.1 Å². The van der Waals surface area contributed by atoms with Crippen LogP contribution in [0.25, 0.3) is 0 Å². The van der Waals surface area contributed by atoms with E-state index in [0.29, 0.717) is 5.38 Å². The van der Waals surface area contributed by atoms with Crippen LogP contribution >= 0.6 is 27.3 Å². The van der Waals surface area contributed by atoms with Gasteiger partial charge in [-0.2, -0.15) is 57.1 Å². The Hall–Kier alpha value is -0.730. The molecule has 0 atom stereocenters. The lowest BCUT2D eigenvalue weighted by Crippen LogP contribution is -2.69. The second-order valence-electron chi connectivity index (χ2n) is 4.50. The third-order valence-electron chi connectivity index (χ3n) is 2.81. The van der Waals surface area contributed by atoms with Gasteiger partial charge in [0.25, 0.3) is 0 Å². The van der Waals surface area contributed by atoms with E-state index in [9.17, 15) is 57.1 Å². The fourth-order valence-corrected chi connectivity index (χ4v) is 2.84. The molecule has 0 radical (unpaired) electrons. The molecule has 0 bridgehead atoms. The van der Waals surface area contributed by atoms with Crippen molar-refractivity contribution in [3.8, 4) is 0 Å². The molecule has 1 heterocycles. The van der Waals surface area contributed by atoms with Gasteiger partial charge in [0.15, 0.2) is 0 Å². The molecule has 0 N–H and O–H groups in total. The lowest BCUT2D eigenvalue weighted by atomic mass is 9.93. The average molecular weight is 481 g/mol. The molecule has 1 aromatic heterocycles. The van der Waals surface area contributed by atoms with Gasteiger partial charge in [0, 0.05) is 9.85 Å². The molecule has 146 valence electrons. The lowest BCUT2D eigenvalue weighted by molar-refractivity contribution is -0.441. The molecule has 0 aromatic carbocycles. The van der Waals surface area contributed by atoms with Crippen LogP contribution < -0.4 is 0 Å². The summed E-state index contributed by atoms with van der Waals surface area (Å²) in [7, 11) is 0. The summed E-state index contributed by atoms with van der Waals surface area (Å²) in [6, 6.07) is 0.0920. The predicted octanol–water partition coefficient (Wildman–Crippen LogP) is 6.71. The summed E-state index contributed by atoms with van der Waals surface area (Å²) >= 11 is 2.13. The van der Waals surface area contributed by atoms with E-state index in [0.717, 1.165) is 0 Å². The molecule has 1 rings (SSSR count). The van der Waals surface area contributed by atoms with E-state index >= 15 is 0 Å². The zero-order valence-electron chi connectivity index (χ0n) is 10.9. The van der Waals surface area contributed by atoms with Crippen molar-refractivity contribution < 1.29 is 57.1 Å². The van der Waals surface area contributed by atoms with Crippen molar-refractivity contribution in [1.29, 1.82) is 0 Å². The fraction of sp³-hybridized carbons (Fsp3) is 0.600. The normalized spacial score (nSPS) is 15.6. The van der Waals surface area contributed by atoms with Gasteiger partial charge in [-0.25, -0.2) is 0 Å². The topological polar surface area (TPSA) is 0 Å². The summed E-state index contributed by atoms with van der Waals surface area (Å²) < 4.78 is 167.